The van der Waals surface area contributed by atoms with Crippen molar-refractivity contribution in [1.82, 2.24) is 10.2 Å². The molecule has 1 N–H and O–H groups in total. The number of amides is 1. The van der Waals surface area contributed by atoms with Crippen molar-refractivity contribution in [3.05, 3.63) is 0 Å². The maximum atomic E-state index is 11.7. The first kappa shape index (κ1) is 16.3. The van der Waals surface area contributed by atoms with Gasteiger partial charge in [-0.2, -0.15) is 0 Å². The topological polar surface area (TPSA) is 41.6 Å². The van der Waals surface area contributed by atoms with Gasteiger partial charge >= 0.3 is 6.09 Å². The molecule has 2 atom stereocenters. The highest BCUT2D eigenvalue weighted by atomic mass is 16.6. The van der Waals surface area contributed by atoms with Crippen LogP contribution in [-0.2, 0) is 4.74 Å². The lowest BCUT2D eigenvalue weighted by molar-refractivity contribution is 0.0502. The normalized spacial score (nSPS) is 22.3. The number of likely N-dealkylation sites (tertiary alicyclic amines) is 1. The molecule has 0 aromatic carbocycles. The van der Waals surface area contributed by atoms with E-state index in [0.29, 0.717) is 5.92 Å². The molecule has 112 valence electrons. The van der Waals surface area contributed by atoms with Crippen LogP contribution in [0.1, 0.15) is 53.9 Å². The number of rotatable bonds is 5. The first-order valence-electron chi connectivity index (χ1n) is 7.52. The van der Waals surface area contributed by atoms with E-state index in [2.05, 4.69) is 24.1 Å². The van der Waals surface area contributed by atoms with Crippen molar-refractivity contribution in [2.45, 2.75) is 65.5 Å². The summed E-state index contributed by atoms with van der Waals surface area (Å²) in [5.41, 5.74) is -0.422. The van der Waals surface area contributed by atoms with Crippen LogP contribution in [0.2, 0.25) is 0 Å². The molecule has 2 unspecified atom stereocenters. The van der Waals surface area contributed by atoms with Crippen molar-refractivity contribution in [2.24, 2.45) is 5.92 Å². The third kappa shape index (κ3) is 6.81. The molecule has 1 rings (SSSR count). The fourth-order valence-electron chi connectivity index (χ4n) is 2.69. The van der Waals surface area contributed by atoms with Crippen molar-refractivity contribution in [2.75, 3.05) is 19.6 Å². The van der Waals surface area contributed by atoms with Gasteiger partial charge in [-0.1, -0.05) is 6.92 Å². The molecule has 0 aromatic heterocycles. The number of nitrogens with zero attached hydrogens (tertiary/aromatic N) is 1. The summed E-state index contributed by atoms with van der Waals surface area (Å²) in [5, 5.41) is 2.93. The molecule has 1 aliphatic rings. The molecule has 0 spiro atoms. The number of hydrogen-bond donors (Lipinski definition) is 1. The minimum Gasteiger partial charge on any atom is -0.444 e. The highest BCUT2D eigenvalue weighted by molar-refractivity contribution is 5.68. The molecule has 1 fully saturated rings. The van der Waals surface area contributed by atoms with Crippen LogP contribution in [0.5, 0.6) is 0 Å². The first-order chi connectivity index (χ1) is 8.80. The van der Waals surface area contributed by atoms with E-state index in [1.54, 1.807) is 0 Å². The van der Waals surface area contributed by atoms with Crippen molar-refractivity contribution in [3.8, 4) is 0 Å². The van der Waals surface area contributed by atoms with Crippen LogP contribution in [0.4, 0.5) is 4.79 Å². The summed E-state index contributed by atoms with van der Waals surface area (Å²) in [6.45, 7) is 13.5. The lowest BCUT2D eigenvalue weighted by atomic mass is 10.0. The van der Waals surface area contributed by atoms with E-state index in [4.69, 9.17) is 4.74 Å². The van der Waals surface area contributed by atoms with Crippen LogP contribution in [-0.4, -0.2) is 42.3 Å². The maximum absolute atomic E-state index is 11.7. The second-order valence-corrected chi connectivity index (χ2v) is 6.74. The smallest absolute Gasteiger partial charge is 0.407 e. The molecule has 0 aliphatic carbocycles. The highest BCUT2D eigenvalue weighted by Gasteiger charge is 2.24. The Balaban J connectivity index is 2.24. The van der Waals surface area contributed by atoms with E-state index in [9.17, 15) is 4.79 Å². The van der Waals surface area contributed by atoms with Gasteiger partial charge in [0, 0.05) is 12.6 Å². The Morgan fingerprint density at radius 2 is 2.16 bits per heavy atom. The molecule has 4 nitrogen and oxygen atoms in total. The number of carbonyl (C=O) groups excluding carboxylic acids is 1. The number of carbonyl (C=O) groups is 1. The molecule has 19 heavy (non-hydrogen) atoms. The van der Waals surface area contributed by atoms with Gasteiger partial charge in [0.2, 0.25) is 0 Å². The van der Waals surface area contributed by atoms with Crippen LogP contribution < -0.4 is 5.32 Å². The lowest BCUT2D eigenvalue weighted by Crippen LogP contribution is -2.38. The molecule has 0 aromatic rings. The molecule has 1 aliphatic heterocycles. The first-order valence-corrected chi connectivity index (χ1v) is 7.52. The molecular formula is C15H30N2O2. The van der Waals surface area contributed by atoms with E-state index in [1.165, 1.54) is 32.5 Å². The SMILES string of the molecule is CCCN1CCC(CC(C)NC(=O)OC(C)(C)C)C1. The number of alkyl carbamates (subject to hydrolysis) is 1. The molecule has 0 radical (unpaired) electrons. The number of nitrogens with one attached hydrogen (secondary N) is 1. The molecule has 0 bridgehead atoms. The zero-order valence-electron chi connectivity index (χ0n) is 13.2. The lowest BCUT2D eigenvalue weighted by Gasteiger charge is -2.23. The van der Waals surface area contributed by atoms with Crippen LogP contribution >= 0.6 is 0 Å². The second-order valence-electron chi connectivity index (χ2n) is 6.74. The van der Waals surface area contributed by atoms with Gasteiger partial charge in [0.25, 0.3) is 0 Å². The standard InChI is InChI=1S/C15H30N2O2/c1-6-8-17-9-7-13(11-17)10-12(2)16-14(18)19-15(3,4)5/h12-13H,6-11H2,1-5H3,(H,16,18). The molecular weight excluding hydrogens is 240 g/mol. The Bertz CT molecular complexity index is 286. The number of ether oxygens (including phenoxy) is 1. The monoisotopic (exact) mass is 270 g/mol. The van der Waals surface area contributed by atoms with Gasteiger partial charge in [-0.3, -0.25) is 0 Å². The van der Waals surface area contributed by atoms with Gasteiger partial charge in [-0.15, -0.1) is 0 Å². The van der Waals surface area contributed by atoms with Crippen molar-refractivity contribution < 1.29 is 9.53 Å². The molecule has 1 saturated heterocycles. The summed E-state index contributed by atoms with van der Waals surface area (Å²) in [7, 11) is 0. The summed E-state index contributed by atoms with van der Waals surface area (Å²) in [5.74, 6) is 0.705. The van der Waals surface area contributed by atoms with Gasteiger partial charge in [0.15, 0.2) is 0 Å². The minimum absolute atomic E-state index is 0.182. The van der Waals surface area contributed by atoms with Gasteiger partial charge in [0.05, 0.1) is 0 Å². The summed E-state index contributed by atoms with van der Waals surface area (Å²) >= 11 is 0. The fourth-order valence-corrected chi connectivity index (χ4v) is 2.69. The van der Waals surface area contributed by atoms with Gasteiger partial charge in [0.1, 0.15) is 5.60 Å². The van der Waals surface area contributed by atoms with Gasteiger partial charge in [-0.25, -0.2) is 4.79 Å². The average Bonchev–Trinajstić information content (AvgIpc) is 2.62. The zero-order chi connectivity index (χ0) is 14.5. The highest BCUT2D eigenvalue weighted by Crippen LogP contribution is 2.21. The molecule has 1 heterocycles. The molecule has 1 amide bonds. The predicted molar refractivity (Wildman–Crippen MR) is 78.3 cm³/mol. The van der Waals surface area contributed by atoms with Crippen LogP contribution in [0.3, 0.4) is 0 Å². The summed E-state index contributed by atoms with van der Waals surface area (Å²) in [4.78, 5) is 14.2. The third-order valence-electron chi connectivity index (χ3n) is 3.36. The Morgan fingerprint density at radius 3 is 2.74 bits per heavy atom. The number of hydrogen-bond acceptors (Lipinski definition) is 3. The Kier molecular flexibility index (Phi) is 6.11. The van der Waals surface area contributed by atoms with Crippen LogP contribution in [0.25, 0.3) is 0 Å². The van der Waals surface area contributed by atoms with Crippen LogP contribution in [0, 0.1) is 5.92 Å². The van der Waals surface area contributed by atoms with Crippen LogP contribution in [0.15, 0.2) is 0 Å². The predicted octanol–water partition coefficient (Wildman–Crippen LogP) is 3.02. The van der Waals surface area contributed by atoms with E-state index in [-0.39, 0.29) is 12.1 Å². The third-order valence-corrected chi connectivity index (χ3v) is 3.36. The second kappa shape index (κ2) is 7.13. The summed E-state index contributed by atoms with van der Waals surface area (Å²) in [6.07, 6.45) is 3.21. The summed E-state index contributed by atoms with van der Waals surface area (Å²) < 4.78 is 5.27. The van der Waals surface area contributed by atoms with Crippen molar-refractivity contribution >= 4 is 6.09 Å². The largest absolute Gasteiger partial charge is 0.444 e. The van der Waals surface area contributed by atoms with E-state index in [0.717, 1.165) is 6.42 Å². The Morgan fingerprint density at radius 1 is 1.47 bits per heavy atom. The van der Waals surface area contributed by atoms with E-state index >= 15 is 0 Å². The Hall–Kier alpha value is -0.770. The minimum atomic E-state index is -0.422. The Labute approximate surface area is 117 Å². The van der Waals surface area contributed by atoms with E-state index < -0.39 is 5.60 Å². The van der Waals surface area contributed by atoms with Gasteiger partial charge in [-0.05, 0) is 66.0 Å². The van der Waals surface area contributed by atoms with E-state index in [1.807, 2.05) is 20.8 Å². The zero-order valence-corrected chi connectivity index (χ0v) is 13.2. The molecule has 0 saturated carbocycles. The average molecular weight is 270 g/mol. The quantitative estimate of drug-likeness (QED) is 0.835. The maximum Gasteiger partial charge on any atom is 0.407 e. The molecule has 4 heteroatoms. The van der Waals surface area contributed by atoms with Gasteiger partial charge < -0.3 is 15.0 Å². The fraction of sp³-hybridized carbons (Fsp3) is 0.933. The summed E-state index contributed by atoms with van der Waals surface area (Å²) in [6, 6.07) is 0.182. The van der Waals surface area contributed by atoms with Crippen molar-refractivity contribution in [1.29, 1.82) is 0 Å². The van der Waals surface area contributed by atoms with Crippen molar-refractivity contribution in [3.63, 3.8) is 0 Å².